The van der Waals surface area contributed by atoms with Gasteiger partial charge >= 0.3 is 18.2 Å². The van der Waals surface area contributed by atoms with E-state index in [0.717, 1.165) is 7.11 Å². The summed E-state index contributed by atoms with van der Waals surface area (Å²) in [6, 6.07) is -0.959. The van der Waals surface area contributed by atoms with Gasteiger partial charge in [-0.05, 0) is 12.8 Å². The topological polar surface area (TPSA) is 138 Å². The first-order valence-electron chi connectivity index (χ1n) is 5.40. The average Bonchev–Trinajstić information content (AvgIpc) is 2.40. The highest BCUT2D eigenvalue weighted by Gasteiger charge is 2.17. The van der Waals surface area contributed by atoms with Crippen molar-refractivity contribution in [3.63, 3.8) is 0 Å². The zero-order chi connectivity index (χ0) is 14.7. The van der Waals surface area contributed by atoms with Crippen LogP contribution in [-0.2, 0) is 14.3 Å². The van der Waals surface area contributed by atoms with E-state index in [1.165, 1.54) is 7.11 Å². The van der Waals surface area contributed by atoms with Crippen LogP contribution in [-0.4, -0.2) is 50.1 Å². The number of carboxylic acid groups (broad SMARTS) is 1. The second kappa shape index (κ2) is 9.91. The standard InChI is InChI=1S/C9H18N4O6/c1-18-8(16)12-10-5-3-4-6(7(14)15)11-13-9(17)19-2/h6,10-11H,3-5H2,1-2H3,(H,12,16)(H,13,17)(H,14,15)/t6-/m0/s1. The Morgan fingerprint density at radius 1 is 1.11 bits per heavy atom. The molecule has 0 rings (SSSR count). The summed E-state index contributed by atoms with van der Waals surface area (Å²) in [6.45, 7) is 0.346. The summed E-state index contributed by atoms with van der Waals surface area (Å²) >= 11 is 0. The molecule has 0 unspecified atom stereocenters. The van der Waals surface area contributed by atoms with Gasteiger partial charge in [0.1, 0.15) is 6.04 Å². The van der Waals surface area contributed by atoms with Crippen molar-refractivity contribution >= 4 is 18.2 Å². The minimum Gasteiger partial charge on any atom is -0.480 e. The molecule has 5 N–H and O–H groups in total. The van der Waals surface area contributed by atoms with Gasteiger partial charge in [0.15, 0.2) is 0 Å². The fraction of sp³-hybridized carbons (Fsp3) is 0.667. The number of amides is 2. The molecule has 0 radical (unpaired) electrons. The smallest absolute Gasteiger partial charge is 0.421 e. The molecule has 0 bridgehead atoms. The first kappa shape index (κ1) is 16.9. The molecule has 0 saturated heterocycles. The molecule has 10 nitrogen and oxygen atoms in total. The minimum absolute atomic E-state index is 0.231. The first-order chi connectivity index (χ1) is 9.01. The number of ether oxygens (including phenoxy) is 2. The summed E-state index contributed by atoms with van der Waals surface area (Å²) < 4.78 is 8.60. The SMILES string of the molecule is COC(=O)NNCCC[C@H](NNC(=O)OC)C(=O)O. The van der Waals surface area contributed by atoms with Crippen molar-refractivity contribution in [2.24, 2.45) is 0 Å². The van der Waals surface area contributed by atoms with Crippen LogP contribution in [0.15, 0.2) is 0 Å². The van der Waals surface area contributed by atoms with Crippen molar-refractivity contribution < 1.29 is 29.0 Å². The van der Waals surface area contributed by atoms with Crippen molar-refractivity contribution in [1.82, 2.24) is 21.7 Å². The number of hydrazine groups is 2. The fourth-order valence-corrected chi connectivity index (χ4v) is 1.03. The molecule has 0 aliphatic heterocycles. The van der Waals surface area contributed by atoms with E-state index >= 15 is 0 Å². The van der Waals surface area contributed by atoms with Crippen LogP contribution in [0, 0.1) is 0 Å². The van der Waals surface area contributed by atoms with Crippen molar-refractivity contribution in [1.29, 1.82) is 0 Å². The molecule has 0 aliphatic rings. The van der Waals surface area contributed by atoms with Gasteiger partial charge < -0.3 is 14.6 Å². The van der Waals surface area contributed by atoms with Gasteiger partial charge in [-0.2, -0.15) is 0 Å². The lowest BCUT2D eigenvalue weighted by atomic mass is 10.2. The van der Waals surface area contributed by atoms with E-state index in [-0.39, 0.29) is 6.42 Å². The first-order valence-corrected chi connectivity index (χ1v) is 5.40. The molecule has 0 spiro atoms. The Morgan fingerprint density at radius 3 is 2.21 bits per heavy atom. The maximum atomic E-state index is 10.9. The van der Waals surface area contributed by atoms with E-state index in [2.05, 4.69) is 31.2 Å². The summed E-state index contributed by atoms with van der Waals surface area (Å²) in [5.74, 6) is -1.11. The molecule has 0 aromatic carbocycles. The highest BCUT2D eigenvalue weighted by Crippen LogP contribution is 1.95. The zero-order valence-corrected chi connectivity index (χ0v) is 10.7. The predicted octanol–water partition coefficient (Wildman–Crippen LogP) is -1.06. The quantitative estimate of drug-likeness (QED) is 0.280. The Bertz CT molecular complexity index is 311. The fourth-order valence-electron chi connectivity index (χ4n) is 1.03. The molecule has 0 fully saturated rings. The van der Waals surface area contributed by atoms with E-state index in [9.17, 15) is 14.4 Å². The van der Waals surface area contributed by atoms with Crippen molar-refractivity contribution in [2.75, 3.05) is 20.8 Å². The molecular weight excluding hydrogens is 260 g/mol. The molecule has 110 valence electrons. The Kier molecular flexibility index (Phi) is 8.83. The maximum Gasteiger partial charge on any atom is 0.421 e. The van der Waals surface area contributed by atoms with E-state index in [0.29, 0.717) is 13.0 Å². The number of rotatable bonds is 8. The number of methoxy groups -OCH3 is 2. The van der Waals surface area contributed by atoms with Crippen LogP contribution in [0.4, 0.5) is 9.59 Å². The zero-order valence-electron chi connectivity index (χ0n) is 10.7. The van der Waals surface area contributed by atoms with Crippen LogP contribution in [0.3, 0.4) is 0 Å². The van der Waals surface area contributed by atoms with E-state index in [1.54, 1.807) is 0 Å². The Labute approximate surface area is 109 Å². The molecule has 19 heavy (non-hydrogen) atoms. The number of carbonyl (C=O) groups is 3. The number of carbonyl (C=O) groups excluding carboxylic acids is 2. The summed E-state index contributed by atoms with van der Waals surface area (Å²) in [4.78, 5) is 32.3. The van der Waals surface area contributed by atoms with Crippen molar-refractivity contribution in [3.05, 3.63) is 0 Å². The van der Waals surface area contributed by atoms with Crippen molar-refractivity contribution in [3.8, 4) is 0 Å². The van der Waals surface area contributed by atoms with Gasteiger partial charge in [-0.15, -0.1) is 0 Å². The highest BCUT2D eigenvalue weighted by atomic mass is 16.5. The molecule has 1 atom stereocenters. The summed E-state index contributed by atoms with van der Waals surface area (Å²) in [5, 5.41) is 8.88. The van der Waals surface area contributed by atoms with E-state index in [4.69, 9.17) is 5.11 Å². The molecule has 0 aromatic rings. The maximum absolute atomic E-state index is 10.9. The average molecular weight is 278 g/mol. The molecule has 0 saturated carbocycles. The Hall–Kier alpha value is -2.07. The van der Waals surface area contributed by atoms with Crippen molar-refractivity contribution in [2.45, 2.75) is 18.9 Å². The van der Waals surface area contributed by atoms with Gasteiger partial charge in [0.25, 0.3) is 0 Å². The van der Waals surface area contributed by atoms with Crippen LogP contribution >= 0.6 is 0 Å². The van der Waals surface area contributed by atoms with Crippen LogP contribution in [0.25, 0.3) is 0 Å². The predicted molar refractivity (Wildman–Crippen MR) is 62.9 cm³/mol. The van der Waals surface area contributed by atoms with E-state index < -0.39 is 24.2 Å². The van der Waals surface area contributed by atoms with Gasteiger partial charge in [-0.1, -0.05) is 0 Å². The van der Waals surface area contributed by atoms with Gasteiger partial charge in [0.05, 0.1) is 14.2 Å². The molecule has 0 aromatic heterocycles. The Balaban J connectivity index is 3.80. The van der Waals surface area contributed by atoms with Gasteiger partial charge in [-0.3, -0.25) is 15.6 Å². The lowest BCUT2D eigenvalue weighted by Crippen LogP contribution is -2.48. The van der Waals surface area contributed by atoms with Crippen LogP contribution in [0.2, 0.25) is 0 Å². The summed E-state index contributed by atoms with van der Waals surface area (Å²) in [6.07, 6.45) is -0.747. The van der Waals surface area contributed by atoms with Gasteiger partial charge in [-0.25, -0.2) is 20.4 Å². The third-order valence-corrected chi connectivity index (χ3v) is 2.00. The molecular formula is C9H18N4O6. The van der Waals surface area contributed by atoms with Crippen LogP contribution in [0.5, 0.6) is 0 Å². The minimum atomic E-state index is -1.11. The number of aliphatic carboxylic acids is 1. The number of hydrogen-bond donors (Lipinski definition) is 5. The second-order valence-corrected chi connectivity index (χ2v) is 3.34. The summed E-state index contributed by atoms with van der Waals surface area (Å²) in [5.41, 5.74) is 9.17. The second-order valence-electron chi connectivity index (χ2n) is 3.34. The third kappa shape index (κ3) is 8.63. The molecule has 10 heteroatoms. The number of nitrogens with one attached hydrogen (secondary N) is 4. The van der Waals surface area contributed by atoms with Gasteiger partial charge in [0, 0.05) is 6.54 Å². The normalized spacial score (nSPS) is 11.3. The number of carboxylic acids is 1. The molecule has 0 aliphatic carbocycles. The monoisotopic (exact) mass is 278 g/mol. The van der Waals surface area contributed by atoms with Crippen LogP contribution < -0.4 is 21.7 Å². The van der Waals surface area contributed by atoms with Gasteiger partial charge in [0.2, 0.25) is 0 Å². The molecule has 0 heterocycles. The largest absolute Gasteiger partial charge is 0.480 e. The third-order valence-electron chi connectivity index (χ3n) is 2.00. The van der Waals surface area contributed by atoms with E-state index in [1.807, 2.05) is 0 Å². The lowest BCUT2D eigenvalue weighted by Gasteiger charge is -2.14. The number of hydrogen-bond acceptors (Lipinski definition) is 7. The Morgan fingerprint density at radius 2 is 1.68 bits per heavy atom. The highest BCUT2D eigenvalue weighted by molar-refractivity contribution is 5.74. The van der Waals surface area contributed by atoms with Crippen LogP contribution in [0.1, 0.15) is 12.8 Å². The lowest BCUT2D eigenvalue weighted by molar-refractivity contribution is -0.139. The molecule has 2 amide bonds. The summed E-state index contributed by atoms with van der Waals surface area (Å²) in [7, 11) is 2.38.